The van der Waals surface area contributed by atoms with Crippen LogP contribution in [0.5, 0.6) is 5.75 Å². The zero-order chi connectivity index (χ0) is 14.7. The average molecular weight is 352 g/mol. The van der Waals surface area contributed by atoms with Gasteiger partial charge in [-0.15, -0.1) is 0 Å². The van der Waals surface area contributed by atoms with Crippen molar-refractivity contribution in [3.63, 3.8) is 0 Å². The number of aromatic nitrogens is 1. The van der Waals surface area contributed by atoms with Gasteiger partial charge in [-0.1, -0.05) is 28.1 Å². The highest BCUT2D eigenvalue weighted by molar-refractivity contribution is 9.10. The van der Waals surface area contributed by atoms with Gasteiger partial charge in [-0.2, -0.15) is 0 Å². The number of nitrogens with one attached hydrogen (secondary N) is 1. The molecule has 0 bridgehead atoms. The van der Waals surface area contributed by atoms with Crippen molar-refractivity contribution in [1.82, 2.24) is 4.98 Å². The highest BCUT2D eigenvalue weighted by Crippen LogP contribution is 2.31. The van der Waals surface area contributed by atoms with Crippen molar-refractivity contribution in [3.8, 4) is 5.75 Å². The number of aryl methyl sites for hydroxylation is 1. The van der Waals surface area contributed by atoms with Crippen molar-refractivity contribution in [2.45, 2.75) is 6.92 Å². The number of hydrogen-bond acceptors (Lipinski definition) is 4. The number of halogens is 1. The zero-order valence-corrected chi connectivity index (χ0v) is 13.5. The van der Waals surface area contributed by atoms with Crippen molar-refractivity contribution in [3.05, 3.63) is 46.1 Å². The van der Waals surface area contributed by atoms with E-state index in [0.29, 0.717) is 16.6 Å². The Morgan fingerprint density at radius 1 is 1.40 bits per heavy atom. The maximum absolute atomic E-state index is 5.78. The van der Waals surface area contributed by atoms with Crippen LogP contribution in [-0.4, -0.2) is 17.1 Å². The van der Waals surface area contributed by atoms with Gasteiger partial charge in [-0.05, 0) is 36.8 Å². The molecule has 3 N–H and O–H groups in total. The second kappa shape index (κ2) is 6.19. The second-order valence-corrected chi connectivity index (χ2v) is 5.54. The van der Waals surface area contributed by atoms with Crippen LogP contribution >= 0.6 is 28.1 Å². The molecule has 1 heterocycles. The number of anilines is 2. The predicted octanol–water partition coefficient (Wildman–Crippen LogP) is 3.54. The lowest BCUT2D eigenvalue weighted by molar-refractivity contribution is 0.416. The fraction of sp³-hybridized carbons (Fsp3) is 0.143. The molecule has 0 aliphatic heterocycles. The van der Waals surface area contributed by atoms with Crippen LogP contribution in [0.15, 0.2) is 34.9 Å². The van der Waals surface area contributed by atoms with Gasteiger partial charge in [0.1, 0.15) is 16.6 Å². The Bertz CT molecular complexity index is 661. The van der Waals surface area contributed by atoms with Crippen LogP contribution < -0.4 is 15.8 Å². The third-order valence-corrected chi connectivity index (χ3v) is 3.52. The molecule has 2 aromatic rings. The van der Waals surface area contributed by atoms with E-state index in [1.54, 1.807) is 13.3 Å². The van der Waals surface area contributed by atoms with Gasteiger partial charge < -0.3 is 15.8 Å². The highest BCUT2D eigenvalue weighted by atomic mass is 79.9. The van der Waals surface area contributed by atoms with Gasteiger partial charge in [0.2, 0.25) is 0 Å². The molecule has 0 fully saturated rings. The zero-order valence-electron chi connectivity index (χ0n) is 11.1. The Kier molecular flexibility index (Phi) is 4.57. The van der Waals surface area contributed by atoms with Crippen LogP contribution in [0.1, 0.15) is 11.1 Å². The summed E-state index contributed by atoms with van der Waals surface area (Å²) in [6.45, 7) is 1.94. The summed E-state index contributed by atoms with van der Waals surface area (Å²) in [5.74, 6) is 1.33. The molecule has 20 heavy (non-hydrogen) atoms. The van der Waals surface area contributed by atoms with Crippen LogP contribution in [0.4, 0.5) is 11.5 Å². The normalized spacial score (nSPS) is 10.2. The van der Waals surface area contributed by atoms with Crippen LogP contribution in [-0.2, 0) is 0 Å². The summed E-state index contributed by atoms with van der Waals surface area (Å²) in [4.78, 5) is 4.62. The number of ether oxygens (including phenoxy) is 1. The van der Waals surface area contributed by atoms with Crippen molar-refractivity contribution in [2.75, 3.05) is 12.4 Å². The number of methoxy groups -OCH3 is 1. The third-order valence-electron chi connectivity index (χ3n) is 2.82. The van der Waals surface area contributed by atoms with Crippen LogP contribution in [0.25, 0.3) is 0 Å². The van der Waals surface area contributed by atoms with E-state index < -0.39 is 0 Å². The molecule has 1 aromatic heterocycles. The summed E-state index contributed by atoms with van der Waals surface area (Å²) < 4.78 is 6.26. The van der Waals surface area contributed by atoms with E-state index in [4.69, 9.17) is 22.7 Å². The number of hydrogen-bond donors (Lipinski definition) is 2. The maximum Gasteiger partial charge on any atom is 0.142 e. The first-order chi connectivity index (χ1) is 9.52. The van der Waals surface area contributed by atoms with E-state index >= 15 is 0 Å². The number of benzene rings is 1. The lowest BCUT2D eigenvalue weighted by atomic mass is 10.1. The summed E-state index contributed by atoms with van der Waals surface area (Å²) in [7, 11) is 1.62. The van der Waals surface area contributed by atoms with E-state index in [2.05, 4.69) is 26.2 Å². The van der Waals surface area contributed by atoms with Gasteiger partial charge in [0.25, 0.3) is 0 Å². The van der Waals surface area contributed by atoms with Crippen LogP contribution in [0.3, 0.4) is 0 Å². The van der Waals surface area contributed by atoms with E-state index in [0.717, 1.165) is 21.3 Å². The monoisotopic (exact) mass is 351 g/mol. The minimum absolute atomic E-state index is 0.312. The summed E-state index contributed by atoms with van der Waals surface area (Å²) in [5.41, 5.74) is 8.29. The maximum atomic E-state index is 5.78. The van der Waals surface area contributed by atoms with Crippen molar-refractivity contribution in [1.29, 1.82) is 0 Å². The standard InChI is InChI=1S/C14H14BrN3OS/c1-8-5-6-17-14(12(8)13(16)20)18-10-7-9(15)3-4-11(10)19-2/h3-7H,1-2H3,(H2,16,20)(H,17,18). The van der Waals surface area contributed by atoms with E-state index in [-0.39, 0.29) is 0 Å². The van der Waals surface area contributed by atoms with Gasteiger partial charge >= 0.3 is 0 Å². The first kappa shape index (κ1) is 14.7. The summed E-state index contributed by atoms with van der Waals surface area (Å²) in [6.07, 6.45) is 1.71. The molecule has 0 aliphatic rings. The number of rotatable bonds is 4. The SMILES string of the molecule is COc1ccc(Br)cc1Nc1nccc(C)c1C(N)=S. The van der Waals surface area contributed by atoms with Gasteiger partial charge in [0.15, 0.2) is 0 Å². The lowest BCUT2D eigenvalue weighted by Gasteiger charge is -2.14. The Morgan fingerprint density at radius 3 is 2.80 bits per heavy atom. The molecule has 104 valence electrons. The first-order valence-electron chi connectivity index (χ1n) is 5.89. The quantitative estimate of drug-likeness (QED) is 0.825. The van der Waals surface area contributed by atoms with Crippen LogP contribution in [0, 0.1) is 6.92 Å². The third kappa shape index (κ3) is 3.08. The molecule has 0 saturated heterocycles. The molecule has 6 heteroatoms. The molecule has 0 atom stereocenters. The van der Waals surface area contributed by atoms with Gasteiger partial charge in [0.05, 0.1) is 18.4 Å². The number of nitrogens with two attached hydrogens (primary N) is 1. The van der Waals surface area contributed by atoms with Crippen molar-refractivity contribution < 1.29 is 4.74 Å². The Morgan fingerprint density at radius 2 is 2.15 bits per heavy atom. The molecule has 4 nitrogen and oxygen atoms in total. The first-order valence-corrected chi connectivity index (χ1v) is 7.09. The van der Waals surface area contributed by atoms with Crippen molar-refractivity contribution in [2.24, 2.45) is 5.73 Å². The second-order valence-electron chi connectivity index (χ2n) is 4.19. The molecule has 0 spiro atoms. The van der Waals surface area contributed by atoms with E-state index in [1.165, 1.54) is 0 Å². The summed E-state index contributed by atoms with van der Waals surface area (Å²) in [6, 6.07) is 7.55. The molecular weight excluding hydrogens is 338 g/mol. The fourth-order valence-corrected chi connectivity index (χ4v) is 2.49. The largest absolute Gasteiger partial charge is 0.495 e. The van der Waals surface area contributed by atoms with Crippen LogP contribution in [0.2, 0.25) is 0 Å². The molecule has 0 unspecified atom stereocenters. The molecule has 2 rings (SSSR count). The van der Waals surface area contributed by atoms with Crippen molar-refractivity contribution >= 4 is 44.6 Å². The molecule has 0 saturated carbocycles. The topological polar surface area (TPSA) is 60.2 Å². The molecule has 0 aliphatic carbocycles. The fourth-order valence-electron chi connectivity index (χ4n) is 1.87. The summed E-state index contributed by atoms with van der Waals surface area (Å²) >= 11 is 8.53. The molecule has 1 aromatic carbocycles. The minimum Gasteiger partial charge on any atom is -0.495 e. The van der Waals surface area contributed by atoms with Gasteiger partial charge in [-0.3, -0.25) is 0 Å². The minimum atomic E-state index is 0.312. The molecular formula is C14H14BrN3OS. The van der Waals surface area contributed by atoms with Gasteiger partial charge in [-0.25, -0.2) is 4.98 Å². The number of thiocarbonyl (C=S) groups is 1. The summed E-state index contributed by atoms with van der Waals surface area (Å²) in [5, 5.41) is 3.22. The highest BCUT2D eigenvalue weighted by Gasteiger charge is 2.12. The average Bonchev–Trinajstić information content (AvgIpc) is 2.38. The van der Waals surface area contributed by atoms with E-state index in [1.807, 2.05) is 31.2 Å². The lowest BCUT2D eigenvalue weighted by Crippen LogP contribution is -2.15. The molecule has 0 amide bonds. The van der Waals surface area contributed by atoms with Gasteiger partial charge in [0, 0.05) is 10.7 Å². The Balaban J connectivity index is 2.48. The smallest absolute Gasteiger partial charge is 0.142 e. The number of nitrogens with zero attached hydrogens (tertiary/aromatic N) is 1. The Hall–Kier alpha value is -1.66. The number of pyridine rings is 1. The van der Waals surface area contributed by atoms with E-state index in [9.17, 15) is 0 Å². The predicted molar refractivity (Wildman–Crippen MR) is 88.8 cm³/mol. The molecule has 0 radical (unpaired) electrons. The Labute approximate surface area is 131 Å².